The number of halogens is 1. The van der Waals surface area contributed by atoms with Crippen LogP contribution in [0.5, 0.6) is 0 Å². The van der Waals surface area contributed by atoms with Gasteiger partial charge in [-0.15, -0.1) is 24.0 Å². The van der Waals surface area contributed by atoms with E-state index in [9.17, 15) is 8.42 Å². The molecule has 7 heteroatoms. The fourth-order valence-electron chi connectivity index (χ4n) is 2.87. The number of benzene rings is 2. The molecule has 2 aromatic carbocycles. The van der Waals surface area contributed by atoms with Crippen molar-refractivity contribution in [2.45, 2.75) is 38.8 Å². The van der Waals surface area contributed by atoms with E-state index in [1.54, 1.807) is 13.1 Å². The summed E-state index contributed by atoms with van der Waals surface area (Å²) in [6.07, 6.45) is 1.23. The molecule has 0 atom stereocenters. The average Bonchev–Trinajstić information content (AvgIpc) is 2.55. The number of hydrogen-bond donors (Lipinski definition) is 2. The van der Waals surface area contributed by atoms with Gasteiger partial charge in [-0.25, -0.2) is 8.42 Å². The predicted molar refractivity (Wildman–Crippen MR) is 123 cm³/mol. The van der Waals surface area contributed by atoms with E-state index in [4.69, 9.17) is 0 Å². The van der Waals surface area contributed by atoms with E-state index in [1.807, 2.05) is 19.1 Å². The lowest BCUT2D eigenvalue weighted by Crippen LogP contribution is -2.36. The van der Waals surface area contributed by atoms with Crippen molar-refractivity contribution < 1.29 is 8.42 Å². The molecule has 0 spiro atoms. The molecule has 0 radical (unpaired) electrons. The molecule has 0 saturated carbocycles. The predicted octanol–water partition coefficient (Wildman–Crippen LogP) is 3.50. The molecule has 0 amide bonds. The Hall–Kier alpha value is -1.61. The van der Waals surface area contributed by atoms with E-state index in [0.29, 0.717) is 23.9 Å². The summed E-state index contributed by atoms with van der Waals surface area (Å²) in [7, 11) is -1.46. The smallest absolute Gasteiger partial charge is 0.191 e. The third-order valence-electron chi connectivity index (χ3n) is 4.27. The van der Waals surface area contributed by atoms with Gasteiger partial charge >= 0.3 is 0 Å². The molecule has 2 aromatic rings. The minimum Gasteiger partial charge on any atom is -0.352 e. The first kappa shape index (κ1) is 23.4. The Morgan fingerprint density at radius 2 is 1.63 bits per heavy atom. The second-order valence-electron chi connectivity index (χ2n) is 6.58. The lowest BCUT2D eigenvalue weighted by atomic mass is 10.1. The summed E-state index contributed by atoms with van der Waals surface area (Å²) in [5, 5.41) is 6.57. The summed E-state index contributed by atoms with van der Waals surface area (Å²) in [5.41, 5.74) is 5.49. The SMILES string of the molecule is CN=C(NCc1ccc(S(C)(=O)=O)c(C)c1)NCc1ccc(C)cc1C.I. The Kier molecular flexibility index (Phi) is 8.74. The average molecular weight is 501 g/mol. The molecule has 148 valence electrons. The lowest BCUT2D eigenvalue weighted by Gasteiger charge is -2.14. The number of hydrogen-bond acceptors (Lipinski definition) is 3. The number of rotatable bonds is 5. The van der Waals surface area contributed by atoms with Crippen molar-refractivity contribution in [3.63, 3.8) is 0 Å². The highest BCUT2D eigenvalue weighted by molar-refractivity contribution is 14.0. The molecule has 27 heavy (non-hydrogen) atoms. The van der Waals surface area contributed by atoms with Crippen molar-refractivity contribution in [3.8, 4) is 0 Å². The van der Waals surface area contributed by atoms with Crippen LogP contribution in [0, 0.1) is 20.8 Å². The van der Waals surface area contributed by atoms with Gasteiger partial charge in [0, 0.05) is 26.4 Å². The number of aliphatic imine (C=N–C) groups is 1. The van der Waals surface area contributed by atoms with Crippen LogP contribution in [0.1, 0.15) is 27.8 Å². The molecule has 0 fully saturated rings. The molecule has 0 aliphatic carbocycles. The summed E-state index contributed by atoms with van der Waals surface area (Å²) in [4.78, 5) is 4.62. The normalized spacial score (nSPS) is 11.7. The third kappa shape index (κ3) is 6.80. The molecule has 0 aliphatic rings. The van der Waals surface area contributed by atoms with E-state index in [2.05, 4.69) is 47.7 Å². The summed E-state index contributed by atoms with van der Waals surface area (Å²) in [5.74, 6) is 0.704. The quantitative estimate of drug-likeness (QED) is 0.374. The van der Waals surface area contributed by atoms with E-state index in [1.165, 1.54) is 22.9 Å². The Morgan fingerprint density at radius 3 is 2.19 bits per heavy atom. The van der Waals surface area contributed by atoms with Gasteiger partial charge in [0.1, 0.15) is 0 Å². The first-order chi connectivity index (χ1) is 12.2. The molecule has 5 nitrogen and oxygen atoms in total. The molecule has 0 bridgehead atoms. The van der Waals surface area contributed by atoms with Crippen molar-refractivity contribution in [2.24, 2.45) is 4.99 Å². The molecule has 0 unspecified atom stereocenters. The molecule has 0 aromatic heterocycles. The van der Waals surface area contributed by atoms with Gasteiger partial charge < -0.3 is 10.6 Å². The highest BCUT2D eigenvalue weighted by atomic mass is 127. The minimum absolute atomic E-state index is 0. The molecule has 0 saturated heterocycles. The van der Waals surface area contributed by atoms with E-state index < -0.39 is 9.84 Å². The molecular formula is C20H28IN3O2S. The van der Waals surface area contributed by atoms with Gasteiger partial charge in [-0.3, -0.25) is 4.99 Å². The zero-order valence-corrected chi connectivity index (χ0v) is 19.6. The van der Waals surface area contributed by atoms with E-state index in [-0.39, 0.29) is 24.0 Å². The first-order valence-electron chi connectivity index (χ1n) is 8.51. The summed E-state index contributed by atoms with van der Waals surface area (Å²) in [6, 6.07) is 11.8. The Morgan fingerprint density at radius 1 is 0.963 bits per heavy atom. The van der Waals surface area contributed by atoms with Gasteiger partial charge in [0.15, 0.2) is 15.8 Å². The van der Waals surface area contributed by atoms with Gasteiger partial charge in [0.25, 0.3) is 0 Å². The van der Waals surface area contributed by atoms with Crippen molar-refractivity contribution in [1.82, 2.24) is 10.6 Å². The maximum Gasteiger partial charge on any atom is 0.191 e. The zero-order valence-electron chi connectivity index (χ0n) is 16.5. The fraction of sp³-hybridized carbons (Fsp3) is 0.350. The molecule has 0 heterocycles. The molecular weight excluding hydrogens is 473 g/mol. The van der Waals surface area contributed by atoms with Crippen LogP contribution in [0.15, 0.2) is 46.3 Å². The van der Waals surface area contributed by atoms with E-state index >= 15 is 0 Å². The summed E-state index contributed by atoms with van der Waals surface area (Å²) < 4.78 is 23.4. The largest absolute Gasteiger partial charge is 0.352 e. The van der Waals surface area contributed by atoms with Crippen LogP contribution in [0.25, 0.3) is 0 Å². The molecule has 0 aliphatic heterocycles. The number of nitrogens with zero attached hydrogens (tertiary/aromatic N) is 1. The molecule has 2 N–H and O–H groups in total. The van der Waals surface area contributed by atoms with Gasteiger partial charge in [0.05, 0.1) is 4.90 Å². The lowest BCUT2D eigenvalue weighted by molar-refractivity contribution is 0.601. The standard InChI is InChI=1S/C20H27N3O2S.HI/c1-14-6-8-18(15(2)10-14)13-23-20(21-4)22-12-17-7-9-19(16(3)11-17)26(5,24)25;/h6-11H,12-13H2,1-5H3,(H2,21,22,23);1H. The fourth-order valence-corrected chi connectivity index (χ4v) is 3.83. The molecule has 2 rings (SSSR count). The van der Waals surface area contributed by atoms with Crippen LogP contribution in [-0.2, 0) is 22.9 Å². The van der Waals surface area contributed by atoms with Crippen molar-refractivity contribution in [1.29, 1.82) is 0 Å². The second kappa shape index (κ2) is 10.1. The van der Waals surface area contributed by atoms with Crippen molar-refractivity contribution in [2.75, 3.05) is 13.3 Å². The van der Waals surface area contributed by atoms with Crippen LogP contribution in [0.3, 0.4) is 0 Å². The van der Waals surface area contributed by atoms with Crippen molar-refractivity contribution in [3.05, 3.63) is 64.2 Å². The van der Waals surface area contributed by atoms with Gasteiger partial charge in [0.2, 0.25) is 0 Å². The van der Waals surface area contributed by atoms with Gasteiger partial charge in [-0.05, 0) is 49.1 Å². The highest BCUT2D eigenvalue weighted by Gasteiger charge is 2.11. The highest BCUT2D eigenvalue weighted by Crippen LogP contribution is 2.16. The Bertz CT molecular complexity index is 925. The van der Waals surface area contributed by atoms with Crippen LogP contribution >= 0.6 is 24.0 Å². The van der Waals surface area contributed by atoms with Crippen molar-refractivity contribution >= 4 is 39.8 Å². The monoisotopic (exact) mass is 501 g/mol. The van der Waals surface area contributed by atoms with Crippen LogP contribution in [0.2, 0.25) is 0 Å². The number of sulfone groups is 1. The summed E-state index contributed by atoms with van der Waals surface area (Å²) >= 11 is 0. The van der Waals surface area contributed by atoms with Gasteiger partial charge in [-0.1, -0.05) is 35.9 Å². The maximum absolute atomic E-state index is 11.7. The maximum atomic E-state index is 11.7. The first-order valence-corrected chi connectivity index (χ1v) is 10.4. The summed E-state index contributed by atoms with van der Waals surface area (Å²) in [6.45, 7) is 7.26. The topological polar surface area (TPSA) is 70.6 Å². The second-order valence-corrected chi connectivity index (χ2v) is 8.57. The van der Waals surface area contributed by atoms with Crippen LogP contribution < -0.4 is 10.6 Å². The Balaban J connectivity index is 0.00000364. The minimum atomic E-state index is -3.19. The number of aryl methyl sites for hydroxylation is 3. The number of nitrogens with one attached hydrogen (secondary N) is 2. The third-order valence-corrected chi connectivity index (χ3v) is 5.52. The Labute approximate surface area is 179 Å². The van der Waals surface area contributed by atoms with E-state index in [0.717, 1.165) is 11.1 Å². The van der Waals surface area contributed by atoms with Crippen LogP contribution in [0.4, 0.5) is 0 Å². The van der Waals surface area contributed by atoms with Gasteiger partial charge in [-0.2, -0.15) is 0 Å². The number of guanidine groups is 1. The van der Waals surface area contributed by atoms with Crippen LogP contribution in [-0.4, -0.2) is 27.7 Å². The zero-order chi connectivity index (χ0) is 19.3.